The fraction of sp³-hybridized carbons (Fsp3) is 0.364. The van der Waals surface area contributed by atoms with Crippen molar-refractivity contribution in [2.24, 2.45) is 0 Å². The van der Waals surface area contributed by atoms with Crippen molar-refractivity contribution in [3.8, 4) is 0 Å². The van der Waals surface area contributed by atoms with Gasteiger partial charge in [-0.3, -0.25) is 4.79 Å². The largest absolute Gasteiger partial charge is 0.326 e. The molecule has 2 heteroatoms. The normalized spacial score (nSPS) is 9.77. The molecule has 0 aromatic heterocycles. The smallest absolute Gasteiger partial charge is 0.224 e. The Hall–Kier alpha value is -1.31. The number of anilines is 1. The van der Waals surface area contributed by atoms with Gasteiger partial charge in [-0.1, -0.05) is 24.6 Å². The van der Waals surface area contributed by atoms with Gasteiger partial charge in [0.05, 0.1) is 0 Å². The molecule has 70 valence electrons. The number of aryl methyl sites for hydroxylation is 2. The van der Waals surface area contributed by atoms with Crippen molar-refractivity contribution in [1.29, 1.82) is 0 Å². The monoisotopic (exact) mass is 177 g/mol. The Morgan fingerprint density at radius 2 is 2.08 bits per heavy atom. The third-order valence-electron chi connectivity index (χ3n) is 1.98. The zero-order valence-electron chi connectivity index (χ0n) is 8.35. The summed E-state index contributed by atoms with van der Waals surface area (Å²) in [4.78, 5) is 11.1. The van der Waals surface area contributed by atoms with E-state index in [1.165, 1.54) is 5.56 Å². The maximum atomic E-state index is 11.1. The third kappa shape index (κ3) is 2.58. The molecule has 1 aromatic rings. The lowest BCUT2D eigenvalue weighted by molar-refractivity contribution is -0.115. The molecule has 0 unspecified atom stereocenters. The van der Waals surface area contributed by atoms with Crippen molar-refractivity contribution in [3.05, 3.63) is 29.3 Å². The van der Waals surface area contributed by atoms with Gasteiger partial charge in [0, 0.05) is 12.1 Å². The van der Waals surface area contributed by atoms with E-state index in [0.717, 1.165) is 11.3 Å². The number of carbonyl (C=O) groups is 1. The van der Waals surface area contributed by atoms with Crippen LogP contribution in [0.5, 0.6) is 0 Å². The second-order valence-corrected chi connectivity index (χ2v) is 3.22. The molecule has 0 aliphatic rings. The molecule has 0 saturated carbocycles. The lowest BCUT2D eigenvalue weighted by atomic mass is 10.1. The number of benzene rings is 1. The van der Waals surface area contributed by atoms with Crippen molar-refractivity contribution >= 4 is 11.6 Å². The summed E-state index contributed by atoms with van der Waals surface area (Å²) in [5, 5.41) is 2.85. The maximum Gasteiger partial charge on any atom is 0.224 e. The molecule has 1 N–H and O–H groups in total. The predicted molar refractivity (Wildman–Crippen MR) is 54.8 cm³/mol. The van der Waals surface area contributed by atoms with Crippen molar-refractivity contribution in [2.75, 3.05) is 5.32 Å². The van der Waals surface area contributed by atoms with Crippen molar-refractivity contribution in [1.82, 2.24) is 0 Å². The highest BCUT2D eigenvalue weighted by molar-refractivity contribution is 5.91. The molecule has 13 heavy (non-hydrogen) atoms. The van der Waals surface area contributed by atoms with Crippen molar-refractivity contribution in [2.45, 2.75) is 27.2 Å². The highest BCUT2D eigenvalue weighted by atomic mass is 16.1. The minimum atomic E-state index is 0.0620. The third-order valence-corrected chi connectivity index (χ3v) is 1.98. The molecule has 1 aromatic carbocycles. The summed E-state index contributed by atoms with van der Waals surface area (Å²) in [5.41, 5.74) is 3.24. The number of amides is 1. The Morgan fingerprint density at radius 1 is 1.38 bits per heavy atom. The van der Waals surface area contributed by atoms with Crippen molar-refractivity contribution < 1.29 is 4.79 Å². The fourth-order valence-corrected chi connectivity index (χ4v) is 1.19. The van der Waals surface area contributed by atoms with Gasteiger partial charge in [-0.25, -0.2) is 0 Å². The van der Waals surface area contributed by atoms with Crippen LogP contribution in [-0.2, 0) is 4.79 Å². The van der Waals surface area contributed by atoms with Crippen LogP contribution in [0.4, 0.5) is 5.69 Å². The van der Waals surface area contributed by atoms with E-state index in [9.17, 15) is 4.79 Å². The Kier molecular flexibility index (Phi) is 3.07. The molecule has 1 amide bonds. The molecule has 2 nitrogen and oxygen atoms in total. The average Bonchev–Trinajstić information content (AvgIpc) is 2.09. The van der Waals surface area contributed by atoms with Gasteiger partial charge in [0.2, 0.25) is 5.91 Å². The molecule has 0 aliphatic heterocycles. The van der Waals surface area contributed by atoms with Gasteiger partial charge in [0.15, 0.2) is 0 Å². The number of carbonyl (C=O) groups excluding carboxylic acids is 1. The van der Waals surface area contributed by atoms with E-state index >= 15 is 0 Å². The number of nitrogens with one attached hydrogen (secondary N) is 1. The molecule has 0 aliphatic carbocycles. The van der Waals surface area contributed by atoms with Gasteiger partial charge in [0.25, 0.3) is 0 Å². The van der Waals surface area contributed by atoms with E-state index in [1.54, 1.807) is 0 Å². The van der Waals surface area contributed by atoms with E-state index in [2.05, 4.69) is 11.4 Å². The first-order valence-electron chi connectivity index (χ1n) is 4.50. The molecular formula is C11H15NO. The van der Waals surface area contributed by atoms with Crippen LogP contribution < -0.4 is 5.32 Å². The number of hydrogen-bond donors (Lipinski definition) is 1. The average molecular weight is 177 g/mol. The van der Waals surface area contributed by atoms with Gasteiger partial charge in [-0.05, 0) is 25.5 Å². The number of rotatable bonds is 2. The van der Waals surface area contributed by atoms with E-state index in [1.807, 2.05) is 32.9 Å². The second kappa shape index (κ2) is 4.08. The molecule has 0 heterocycles. The molecular weight excluding hydrogens is 162 g/mol. The van der Waals surface area contributed by atoms with Gasteiger partial charge >= 0.3 is 0 Å². The van der Waals surface area contributed by atoms with Crippen LogP contribution in [0.3, 0.4) is 0 Å². The van der Waals surface area contributed by atoms with Crippen LogP contribution in [0.2, 0.25) is 0 Å². The Labute approximate surface area is 79.0 Å². The van der Waals surface area contributed by atoms with Crippen LogP contribution in [0.15, 0.2) is 18.2 Å². The summed E-state index contributed by atoms with van der Waals surface area (Å²) in [7, 11) is 0. The summed E-state index contributed by atoms with van der Waals surface area (Å²) in [6.07, 6.45) is 0.521. The quantitative estimate of drug-likeness (QED) is 0.739. The molecule has 0 saturated heterocycles. The van der Waals surface area contributed by atoms with Gasteiger partial charge in [0.1, 0.15) is 0 Å². The predicted octanol–water partition coefficient (Wildman–Crippen LogP) is 2.65. The zero-order valence-corrected chi connectivity index (χ0v) is 8.35. The van der Waals surface area contributed by atoms with Gasteiger partial charge in [-0.2, -0.15) is 0 Å². The summed E-state index contributed by atoms with van der Waals surface area (Å²) >= 11 is 0. The lowest BCUT2D eigenvalue weighted by Gasteiger charge is -2.07. The first-order chi connectivity index (χ1) is 6.13. The molecule has 0 atom stereocenters. The topological polar surface area (TPSA) is 29.1 Å². The van der Waals surface area contributed by atoms with E-state index in [-0.39, 0.29) is 5.91 Å². The van der Waals surface area contributed by atoms with E-state index < -0.39 is 0 Å². The van der Waals surface area contributed by atoms with Crippen LogP contribution in [0.25, 0.3) is 0 Å². The molecule has 0 spiro atoms. The summed E-state index contributed by atoms with van der Waals surface area (Å²) < 4.78 is 0. The van der Waals surface area contributed by atoms with Crippen molar-refractivity contribution in [3.63, 3.8) is 0 Å². The SMILES string of the molecule is CCC(=O)Nc1ccc(C)cc1C. The summed E-state index contributed by atoms with van der Waals surface area (Å²) in [6, 6.07) is 6.00. The number of hydrogen-bond acceptors (Lipinski definition) is 1. The molecule has 0 radical (unpaired) electrons. The fourth-order valence-electron chi connectivity index (χ4n) is 1.19. The first kappa shape index (κ1) is 9.78. The summed E-state index contributed by atoms with van der Waals surface area (Å²) in [5.74, 6) is 0.0620. The Balaban J connectivity index is 2.83. The molecule has 1 rings (SSSR count). The highest BCUT2D eigenvalue weighted by Gasteiger charge is 2.01. The first-order valence-corrected chi connectivity index (χ1v) is 4.50. The van der Waals surface area contributed by atoms with Crippen LogP contribution in [-0.4, -0.2) is 5.91 Å². The van der Waals surface area contributed by atoms with Crippen LogP contribution >= 0.6 is 0 Å². The van der Waals surface area contributed by atoms with Gasteiger partial charge in [-0.15, -0.1) is 0 Å². The molecule has 0 fully saturated rings. The molecule has 0 bridgehead atoms. The summed E-state index contributed by atoms with van der Waals surface area (Å²) in [6.45, 7) is 5.88. The standard InChI is InChI=1S/C11H15NO/c1-4-11(13)12-10-6-5-8(2)7-9(10)3/h5-7H,4H2,1-3H3,(H,12,13). The Morgan fingerprint density at radius 3 is 2.62 bits per heavy atom. The highest BCUT2D eigenvalue weighted by Crippen LogP contribution is 2.15. The van der Waals surface area contributed by atoms with Gasteiger partial charge < -0.3 is 5.32 Å². The minimum absolute atomic E-state index is 0.0620. The second-order valence-electron chi connectivity index (χ2n) is 3.22. The van der Waals surface area contributed by atoms with E-state index in [0.29, 0.717) is 6.42 Å². The lowest BCUT2D eigenvalue weighted by Crippen LogP contribution is -2.10. The van der Waals surface area contributed by atoms with Crippen LogP contribution in [0, 0.1) is 13.8 Å². The van der Waals surface area contributed by atoms with Crippen LogP contribution in [0.1, 0.15) is 24.5 Å². The van der Waals surface area contributed by atoms with E-state index in [4.69, 9.17) is 0 Å². The Bertz CT molecular complexity index is 318. The maximum absolute atomic E-state index is 11.1. The minimum Gasteiger partial charge on any atom is -0.326 e. The zero-order chi connectivity index (χ0) is 9.84.